The first-order valence-corrected chi connectivity index (χ1v) is 9.19. The molecule has 21 heavy (non-hydrogen) atoms. The molecule has 1 aromatic rings. The van der Waals surface area contributed by atoms with E-state index in [1.807, 2.05) is 20.8 Å². The van der Waals surface area contributed by atoms with Gasteiger partial charge in [0.25, 0.3) is 10.0 Å². The zero-order valence-corrected chi connectivity index (χ0v) is 14.0. The third-order valence-electron chi connectivity index (χ3n) is 4.13. The van der Waals surface area contributed by atoms with E-state index in [0.717, 1.165) is 43.5 Å². The molecule has 0 aliphatic carbocycles. The fraction of sp³-hybridized carbons (Fsp3) is 0.786. The van der Waals surface area contributed by atoms with E-state index in [2.05, 4.69) is 15.5 Å². The molecule has 1 saturated heterocycles. The van der Waals surface area contributed by atoms with Crippen molar-refractivity contribution in [3.05, 3.63) is 11.3 Å². The van der Waals surface area contributed by atoms with Gasteiger partial charge in [-0.25, -0.2) is 8.42 Å². The largest absolute Gasteiger partial charge is 0.313 e. The molecule has 1 atom stereocenters. The Bertz CT molecular complexity index is 568. The highest BCUT2D eigenvalue weighted by molar-refractivity contribution is 7.89. The molecule has 0 bridgehead atoms. The lowest BCUT2D eigenvalue weighted by molar-refractivity contribution is 0.340. The molecule has 6 nitrogen and oxygen atoms in total. The van der Waals surface area contributed by atoms with E-state index in [1.54, 1.807) is 4.31 Å². The number of hydrogen-bond acceptors (Lipinski definition) is 4. The number of sulfonamides is 1. The van der Waals surface area contributed by atoms with Gasteiger partial charge in [-0.3, -0.25) is 5.10 Å². The Hall–Kier alpha value is -0.920. The summed E-state index contributed by atoms with van der Waals surface area (Å²) >= 11 is 0. The number of aromatic amines is 1. The summed E-state index contributed by atoms with van der Waals surface area (Å²) in [4.78, 5) is 0. The van der Waals surface area contributed by atoms with Crippen LogP contribution in [0, 0.1) is 6.92 Å². The normalized spacial score (nSPS) is 21.4. The molecule has 0 amide bonds. The SMILES string of the molecule is CCNCc1c(S(=O)(=O)N2CCCCCC2C)n[nH]c1C. The van der Waals surface area contributed by atoms with Gasteiger partial charge in [0.15, 0.2) is 5.03 Å². The van der Waals surface area contributed by atoms with Gasteiger partial charge < -0.3 is 5.32 Å². The maximum Gasteiger partial charge on any atom is 0.262 e. The second kappa shape index (κ2) is 6.89. The molecule has 7 heteroatoms. The van der Waals surface area contributed by atoms with Crippen LogP contribution in [0.4, 0.5) is 0 Å². The number of H-pyrrole nitrogens is 1. The zero-order valence-electron chi connectivity index (χ0n) is 13.1. The minimum Gasteiger partial charge on any atom is -0.313 e. The summed E-state index contributed by atoms with van der Waals surface area (Å²) in [5, 5.41) is 10.3. The molecular weight excluding hydrogens is 288 g/mol. The summed E-state index contributed by atoms with van der Waals surface area (Å²) in [5.74, 6) is 0. The van der Waals surface area contributed by atoms with Gasteiger partial charge >= 0.3 is 0 Å². The Morgan fingerprint density at radius 3 is 2.86 bits per heavy atom. The van der Waals surface area contributed by atoms with Crippen molar-refractivity contribution < 1.29 is 8.42 Å². The number of rotatable bonds is 5. The molecule has 1 fully saturated rings. The third kappa shape index (κ3) is 3.46. The highest BCUT2D eigenvalue weighted by Gasteiger charge is 2.34. The van der Waals surface area contributed by atoms with Crippen LogP contribution in [0.2, 0.25) is 0 Å². The molecule has 1 aliphatic rings. The summed E-state index contributed by atoms with van der Waals surface area (Å²) in [5.41, 5.74) is 1.57. The lowest BCUT2D eigenvalue weighted by Gasteiger charge is -2.25. The molecule has 0 aromatic carbocycles. The number of hydrogen-bond donors (Lipinski definition) is 2. The van der Waals surface area contributed by atoms with Gasteiger partial charge in [0.05, 0.1) is 0 Å². The predicted molar refractivity (Wildman–Crippen MR) is 82.5 cm³/mol. The van der Waals surface area contributed by atoms with Crippen LogP contribution in [0.1, 0.15) is 50.8 Å². The van der Waals surface area contributed by atoms with Gasteiger partial charge in [-0.15, -0.1) is 0 Å². The third-order valence-corrected chi connectivity index (χ3v) is 6.12. The summed E-state index contributed by atoms with van der Waals surface area (Å²) in [6.45, 7) is 7.77. The molecule has 2 heterocycles. The van der Waals surface area contributed by atoms with E-state index in [0.29, 0.717) is 13.1 Å². The minimum atomic E-state index is -3.52. The van der Waals surface area contributed by atoms with Gasteiger partial charge in [-0.05, 0) is 33.2 Å². The number of aromatic nitrogens is 2. The number of nitrogens with one attached hydrogen (secondary N) is 2. The molecular formula is C14H26N4O2S. The number of aryl methyl sites for hydroxylation is 1. The summed E-state index contributed by atoms with van der Waals surface area (Å²) < 4.78 is 27.6. The van der Waals surface area contributed by atoms with Crippen molar-refractivity contribution in [3.63, 3.8) is 0 Å². The van der Waals surface area contributed by atoms with Crippen LogP contribution in [-0.4, -0.2) is 42.1 Å². The fourth-order valence-electron chi connectivity index (χ4n) is 2.82. The van der Waals surface area contributed by atoms with E-state index in [4.69, 9.17) is 0 Å². The van der Waals surface area contributed by atoms with Crippen LogP contribution in [0.5, 0.6) is 0 Å². The van der Waals surface area contributed by atoms with Crippen molar-refractivity contribution in [3.8, 4) is 0 Å². The highest BCUT2D eigenvalue weighted by Crippen LogP contribution is 2.26. The lowest BCUT2D eigenvalue weighted by atomic mass is 10.1. The van der Waals surface area contributed by atoms with Crippen LogP contribution < -0.4 is 5.32 Å². The molecule has 120 valence electrons. The van der Waals surface area contributed by atoms with Crippen molar-refractivity contribution in [2.75, 3.05) is 13.1 Å². The Balaban J connectivity index is 2.34. The molecule has 0 spiro atoms. The van der Waals surface area contributed by atoms with E-state index in [-0.39, 0.29) is 11.1 Å². The van der Waals surface area contributed by atoms with E-state index in [1.165, 1.54) is 0 Å². The van der Waals surface area contributed by atoms with Crippen LogP contribution in [0.15, 0.2) is 5.03 Å². The van der Waals surface area contributed by atoms with Crippen molar-refractivity contribution in [2.45, 2.75) is 64.1 Å². The maximum atomic E-state index is 13.0. The second-order valence-corrected chi connectivity index (χ2v) is 7.53. The molecule has 2 rings (SSSR count). The Morgan fingerprint density at radius 2 is 2.14 bits per heavy atom. The van der Waals surface area contributed by atoms with Gasteiger partial charge in [-0.2, -0.15) is 9.40 Å². The first-order chi connectivity index (χ1) is 9.98. The Kier molecular flexibility index (Phi) is 5.40. The summed E-state index contributed by atoms with van der Waals surface area (Å²) in [6, 6.07) is 0.0430. The van der Waals surface area contributed by atoms with Crippen molar-refractivity contribution >= 4 is 10.0 Å². The van der Waals surface area contributed by atoms with Crippen LogP contribution in [0.25, 0.3) is 0 Å². The monoisotopic (exact) mass is 314 g/mol. The Labute approximate surface area is 127 Å². The molecule has 0 radical (unpaired) electrons. The van der Waals surface area contributed by atoms with Crippen LogP contribution >= 0.6 is 0 Å². The Morgan fingerprint density at radius 1 is 1.38 bits per heavy atom. The molecule has 1 aliphatic heterocycles. The average Bonchev–Trinajstić information content (AvgIpc) is 2.66. The van der Waals surface area contributed by atoms with E-state index in [9.17, 15) is 8.42 Å². The fourth-order valence-corrected chi connectivity index (χ4v) is 4.69. The van der Waals surface area contributed by atoms with E-state index < -0.39 is 10.0 Å². The minimum absolute atomic E-state index is 0.0430. The van der Waals surface area contributed by atoms with Crippen LogP contribution in [0.3, 0.4) is 0 Å². The second-order valence-electron chi connectivity index (χ2n) is 5.73. The zero-order chi connectivity index (χ0) is 15.5. The smallest absolute Gasteiger partial charge is 0.262 e. The average molecular weight is 314 g/mol. The van der Waals surface area contributed by atoms with Crippen molar-refractivity contribution in [1.29, 1.82) is 0 Å². The van der Waals surface area contributed by atoms with Crippen molar-refractivity contribution in [1.82, 2.24) is 19.8 Å². The predicted octanol–water partition coefficient (Wildman–Crippen LogP) is 1.78. The van der Waals surface area contributed by atoms with Gasteiger partial charge in [0.2, 0.25) is 0 Å². The summed E-state index contributed by atoms with van der Waals surface area (Å²) in [6.07, 6.45) is 4.04. The van der Waals surface area contributed by atoms with Crippen molar-refractivity contribution in [2.24, 2.45) is 0 Å². The first-order valence-electron chi connectivity index (χ1n) is 7.75. The lowest BCUT2D eigenvalue weighted by Crippen LogP contribution is -2.39. The highest BCUT2D eigenvalue weighted by atomic mass is 32.2. The van der Waals surface area contributed by atoms with E-state index >= 15 is 0 Å². The molecule has 1 aromatic heterocycles. The maximum absolute atomic E-state index is 13.0. The standard InChI is InChI=1S/C14H26N4O2S/c1-4-15-10-13-12(3)16-17-14(13)21(19,20)18-9-7-5-6-8-11(18)2/h11,15H,4-10H2,1-3H3,(H,16,17). The van der Waals surface area contributed by atoms with Gasteiger partial charge in [-0.1, -0.05) is 19.8 Å². The van der Waals surface area contributed by atoms with Gasteiger partial charge in [0.1, 0.15) is 0 Å². The first kappa shape index (κ1) is 16.5. The van der Waals surface area contributed by atoms with Gasteiger partial charge in [0, 0.05) is 30.4 Å². The molecule has 0 saturated carbocycles. The summed E-state index contributed by atoms with van der Waals surface area (Å²) in [7, 11) is -3.52. The quantitative estimate of drug-likeness (QED) is 0.868. The topological polar surface area (TPSA) is 78.1 Å². The number of nitrogens with zero attached hydrogens (tertiary/aromatic N) is 2. The molecule has 2 N–H and O–H groups in total. The molecule has 1 unspecified atom stereocenters. The van der Waals surface area contributed by atoms with Crippen LogP contribution in [-0.2, 0) is 16.6 Å².